The van der Waals surface area contributed by atoms with Gasteiger partial charge in [0, 0.05) is 37.4 Å². The highest BCUT2D eigenvalue weighted by Crippen LogP contribution is 2.11. The number of piperazine rings is 1. The van der Waals surface area contributed by atoms with Crippen LogP contribution in [0.3, 0.4) is 0 Å². The monoisotopic (exact) mass is 290 g/mol. The first-order valence-electron chi connectivity index (χ1n) is 7.04. The van der Waals surface area contributed by atoms with Crippen molar-refractivity contribution in [2.24, 2.45) is 0 Å². The fourth-order valence-corrected chi connectivity index (χ4v) is 2.34. The SMILES string of the molecule is CN(C)CC(=O)N1CCN(C(=O)c2ccc(N)cc2)CC1. The van der Waals surface area contributed by atoms with Gasteiger partial charge in [-0.15, -0.1) is 0 Å². The minimum atomic E-state index is -0.00490. The Morgan fingerprint density at radius 2 is 1.57 bits per heavy atom. The first kappa shape index (κ1) is 15.3. The van der Waals surface area contributed by atoms with E-state index in [1.165, 1.54) is 0 Å². The topological polar surface area (TPSA) is 69.9 Å². The highest BCUT2D eigenvalue weighted by Gasteiger charge is 2.24. The number of nitrogen functional groups attached to an aromatic ring is 1. The lowest BCUT2D eigenvalue weighted by Crippen LogP contribution is -2.52. The maximum absolute atomic E-state index is 12.3. The van der Waals surface area contributed by atoms with Crippen LogP contribution in [0.2, 0.25) is 0 Å². The van der Waals surface area contributed by atoms with Gasteiger partial charge in [-0.25, -0.2) is 0 Å². The molecule has 1 aliphatic rings. The second-order valence-electron chi connectivity index (χ2n) is 5.53. The lowest BCUT2D eigenvalue weighted by molar-refractivity contribution is -0.133. The van der Waals surface area contributed by atoms with Crippen LogP contribution in [0.4, 0.5) is 5.69 Å². The molecule has 1 fully saturated rings. The van der Waals surface area contributed by atoms with Crippen LogP contribution in [0.5, 0.6) is 0 Å². The molecule has 2 N–H and O–H groups in total. The van der Waals surface area contributed by atoms with Crippen molar-refractivity contribution < 1.29 is 9.59 Å². The number of amides is 2. The van der Waals surface area contributed by atoms with Gasteiger partial charge in [0.2, 0.25) is 5.91 Å². The van der Waals surface area contributed by atoms with Gasteiger partial charge in [0.25, 0.3) is 5.91 Å². The van der Waals surface area contributed by atoms with E-state index >= 15 is 0 Å². The van der Waals surface area contributed by atoms with Gasteiger partial charge in [0.1, 0.15) is 0 Å². The van der Waals surface area contributed by atoms with Crippen LogP contribution in [-0.2, 0) is 4.79 Å². The minimum absolute atomic E-state index is 0.00490. The molecule has 0 atom stereocenters. The van der Waals surface area contributed by atoms with Crippen LogP contribution in [0.15, 0.2) is 24.3 Å². The number of hydrogen-bond acceptors (Lipinski definition) is 4. The third kappa shape index (κ3) is 3.95. The second kappa shape index (κ2) is 6.58. The summed E-state index contributed by atoms with van der Waals surface area (Å²) in [4.78, 5) is 29.7. The lowest BCUT2D eigenvalue weighted by atomic mass is 10.1. The molecule has 21 heavy (non-hydrogen) atoms. The van der Waals surface area contributed by atoms with E-state index in [4.69, 9.17) is 5.73 Å². The molecule has 0 bridgehead atoms. The summed E-state index contributed by atoms with van der Waals surface area (Å²) in [6.45, 7) is 2.73. The summed E-state index contributed by atoms with van der Waals surface area (Å²) >= 11 is 0. The van der Waals surface area contributed by atoms with Crippen molar-refractivity contribution in [3.05, 3.63) is 29.8 Å². The summed E-state index contributed by atoms with van der Waals surface area (Å²) in [5.74, 6) is 0.106. The van der Waals surface area contributed by atoms with Crippen molar-refractivity contribution in [1.82, 2.24) is 14.7 Å². The predicted octanol–water partition coefficient (Wildman–Crippen LogP) is 0.115. The van der Waals surface area contributed by atoms with Gasteiger partial charge < -0.3 is 20.4 Å². The molecule has 6 heteroatoms. The zero-order valence-electron chi connectivity index (χ0n) is 12.6. The maximum atomic E-state index is 12.3. The largest absolute Gasteiger partial charge is 0.399 e. The Balaban J connectivity index is 1.90. The number of nitrogens with zero attached hydrogens (tertiary/aromatic N) is 3. The summed E-state index contributed by atoms with van der Waals surface area (Å²) in [7, 11) is 3.75. The average molecular weight is 290 g/mol. The maximum Gasteiger partial charge on any atom is 0.253 e. The van der Waals surface area contributed by atoms with Gasteiger partial charge in [-0.3, -0.25) is 9.59 Å². The Labute approximate surface area is 125 Å². The molecule has 0 unspecified atom stereocenters. The third-order valence-corrected chi connectivity index (χ3v) is 3.53. The van der Waals surface area contributed by atoms with Crippen molar-refractivity contribution in [1.29, 1.82) is 0 Å². The minimum Gasteiger partial charge on any atom is -0.399 e. The summed E-state index contributed by atoms with van der Waals surface area (Å²) < 4.78 is 0. The van der Waals surface area contributed by atoms with E-state index in [1.807, 2.05) is 23.9 Å². The normalized spacial score (nSPS) is 15.4. The van der Waals surface area contributed by atoms with Gasteiger partial charge in [-0.1, -0.05) is 0 Å². The molecule has 1 aliphatic heterocycles. The number of nitrogens with two attached hydrogens (primary N) is 1. The van der Waals surface area contributed by atoms with Crippen LogP contribution in [0.25, 0.3) is 0 Å². The van der Waals surface area contributed by atoms with Crippen molar-refractivity contribution in [2.45, 2.75) is 0 Å². The average Bonchev–Trinajstić information content (AvgIpc) is 2.47. The number of hydrogen-bond donors (Lipinski definition) is 1. The van der Waals surface area contributed by atoms with Crippen LogP contribution < -0.4 is 5.73 Å². The number of likely N-dealkylation sites (N-methyl/N-ethyl adjacent to an activating group) is 1. The smallest absolute Gasteiger partial charge is 0.253 e. The zero-order chi connectivity index (χ0) is 15.4. The molecular weight excluding hydrogens is 268 g/mol. The molecule has 0 aliphatic carbocycles. The summed E-state index contributed by atoms with van der Waals surface area (Å²) in [6, 6.07) is 6.93. The molecule has 1 aromatic rings. The van der Waals surface area contributed by atoms with E-state index in [-0.39, 0.29) is 11.8 Å². The Morgan fingerprint density at radius 1 is 1.05 bits per heavy atom. The van der Waals surface area contributed by atoms with Crippen molar-refractivity contribution in [3.63, 3.8) is 0 Å². The summed E-state index contributed by atoms with van der Waals surface area (Å²) in [5, 5.41) is 0. The van der Waals surface area contributed by atoms with E-state index in [2.05, 4.69) is 0 Å². The zero-order valence-corrected chi connectivity index (χ0v) is 12.6. The third-order valence-electron chi connectivity index (χ3n) is 3.53. The molecule has 0 spiro atoms. The highest BCUT2D eigenvalue weighted by molar-refractivity contribution is 5.94. The number of carbonyl (C=O) groups is 2. The Morgan fingerprint density at radius 3 is 2.10 bits per heavy atom. The molecule has 114 valence electrons. The first-order valence-corrected chi connectivity index (χ1v) is 7.04. The van der Waals surface area contributed by atoms with Crippen molar-refractivity contribution in [2.75, 3.05) is 52.6 Å². The second-order valence-corrected chi connectivity index (χ2v) is 5.53. The molecule has 1 saturated heterocycles. The summed E-state index contributed by atoms with van der Waals surface area (Å²) in [5.41, 5.74) is 6.90. The van der Waals surface area contributed by atoms with Crippen LogP contribution >= 0.6 is 0 Å². The fourth-order valence-electron chi connectivity index (χ4n) is 2.34. The Hall–Kier alpha value is -2.08. The van der Waals surface area contributed by atoms with E-state index in [0.717, 1.165) is 0 Å². The molecular formula is C15H22N4O2. The van der Waals surface area contributed by atoms with Gasteiger partial charge >= 0.3 is 0 Å². The van der Waals surface area contributed by atoms with E-state index < -0.39 is 0 Å². The van der Waals surface area contributed by atoms with E-state index in [9.17, 15) is 9.59 Å². The Kier molecular flexibility index (Phi) is 4.80. The standard InChI is InChI=1S/C15H22N4O2/c1-17(2)11-14(20)18-7-9-19(10-8-18)15(21)12-3-5-13(16)6-4-12/h3-6H,7-11,16H2,1-2H3. The lowest BCUT2D eigenvalue weighted by Gasteiger charge is -2.35. The van der Waals surface area contributed by atoms with Crippen molar-refractivity contribution in [3.8, 4) is 0 Å². The number of benzene rings is 1. The quantitative estimate of drug-likeness (QED) is 0.803. The number of rotatable bonds is 3. The van der Waals surface area contributed by atoms with E-state index in [1.54, 1.807) is 29.2 Å². The predicted molar refractivity (Wildman–Crippen MR) is 81.9 cm³/mol. The van der Waals surface area contributed by atoms with E-state index in [0.29, 0.717) is 44.0 Å². The van der Waals surface area contributed by atoms with Gasteiger partial charge in [0.05, 0.1) is 6.54 Å². The molecule has 6 nitrogen and oxygen atoms in total. The Bertz CT molecular complexity index is 505. The fraction of sp³-hybridized carbons (Fsp3) is 0.467. The molecule has 1 aromatic carbocycles. The molecule has 2 rings (SSSR count). The molecule has 1 heterocycles. The van der Waals surface area contributed by atoms with Crippen LogP contribution in [0, 0.1) is 0 Å². The van der Waals surface area contributed by atoms with Gasteiger partial charge in [-0.2, -0.15) is 0 Å². The number of carbonyl (C=O) groups excluding carboxylic acids is 2. The van der Waals surface area contributed by atoms with Gasteiger partial charge in [-0.05, 0) is 38.4 Å². The first-order chi connectivity index (χ1) is 9.97. The van der Waals surface area contributed by atoms with Gasteiger partial charge in [0.15, 0.2) is 0 Å². The molecule has 2 amide bonds. The summed E-state index contributed by atoms with van der Waals surface area (Å²) in [6.07, 6.45) is 0. The number of anilines is 1. The van der Waals surface area contributed by atoms with Crippen LogP contribution in [-0.4, -0.2) is 73.3 Å². The molecule has 0 saturated carbocycles. The van der Waals surface area contributed by atoms with Crippen LogP contribution in [0.1, 0.15) is 10.4 Å². The van der Waals surface area contributed by atoms with Crippen molar-refractivity contribution >= 4 is 17.5 Å². The molecule has 0 aromatic heterocycles. The molecule has 0 radical (unpaired) electrons. The highest BCUT2D eigenvalue weighted by atomic mass is 16.2.